The molecule has 0 atom stereocenters. The van der Waals surface area contributed by atoms with Crippen molar-refractivity contribution in [3.63, 3.8) is 0 Å². The van der Waals surface area contributed by atoms with E-state index in [0.29, 0.717) is 24.5 Å². The number of rotatable bonds is 8. The van der Waals surface area contributed by atoms with Crippen LogP contribution in [0.5, 0.6) is 17.2 Å². The molecule has 0 aliphatic heterocycles. The van der Waals surface area contributed by atoms with Gasteiger partial charge in [0.05, 0.1) is 0 Å². The molecular weight excluding hydrogens is 332 g/mol. The summed E-state index contributed by atoms with van der Waals surface area (Å²) in [5.74, 6) is 2.23. The van der Waals surface area contributed by atoms with Gasteiger partial charge in [-0.1, -0.05) is 0 Å². The van der Waals surface area contributed by atoms with Gasteiger partial charge in [0, 0.05) is 18.3 Å². The molecule has 5 heteroatoms. The molecule has 0 bridgehead atoms. The summed E-state index contributed by atoms with van der Waals surface area (Å²) in [6.07, 6.45) is 1.57. The molecule has 0 aliphatic carbocycles. The van der Waals surface area contributed by atoms with Gasteiger partial charge in [-0.2, -0.15) is 11.3 Å². The van der Waals surface area contributed by atoms with E-state index in [4.69, 9.17) is 20.3 Å². The van der Waals surface area contributed by atoms with E-state index in [0.717, 1.165) is 17.1 Å². The molecule has 0 fully saturated rings. The molecule has 2 aromatic carbocycles. The summed E-state index contributed by atoms with van der Waals surface area (Å²) >= 11 is 1.66. The molecule has 0 amide bonds. The minimum atomic E-state index is 0.340. The molecule has 0 unspecified atom stereocenters. The molecule has 2 N–H and O–H groups in total. The Morgan fingerprint density at radius 2 is 1.56 bits per heavy atom. The highest BCUT2D eigenvalue weighted by Gasteiger charge is 2.03. The maximum atomic E-state index is 7.83. The van der Waals surface area contributed by atoms with E-state index in [1.165, 1.54) is 11.8 Å². The van der Waals surface area contributed by atoms with Crippen LogP contribution in [0.4, 0.5) is 0 Å². The summed E-state index contributed by atoms with van der Waals surface area (Å²) in [6, 6.07) is 16.9. The maximum absolute atomic E-state index is 7.83. The molecule has 0 radical (unpaired) electrons. The van der Waals surface area contributed by atoms with E-state index in [1.807, 2.05) is 60.0 Å². The highest BCUT2D eigenvalue weighted by Crippen LogP contribution is 2.25. The van der Waals surface area contributed by atoms with Crippen molar-refractivity contribution in [3.05, 3.63) is 76.5 Å². The first-order valence-electron chi connectivity index (χ1n) is 7.83. The van der Waals surface area contributed by atoms with Crippen molar-refractivity contribution in [1.29, 1.82) is 10.8 Å². The first-order chi connectivity index (χ1) is 12.2. The van der Waals surface area contributed by atoms with Gasteiger partial charge in [-0.25, -0.2) is 0 Å². The SMILES string of the molecule is N=CCC(=N)c1ccc(Oc2ccc(OCc3ccsc3)cc2)cc1. The summed E-state index contributed by atoms with van der Waals surface area (Å²) in [6.45, 7) is 0.562. The molecule has 1 aromatic heterocycles. The monoisotopic (exact) mass is 350 g/mol. The topological polar surface area (TPSA) is 66.2 Å². The van der Waals surface area contributed by atoms with Gasteiger partial charge in [-0.3, -0.25) is 0 Å². The Bertz CT molecular complexity index is 825. The third-order valence-electron chi connectivity index (χ3n) is 3.55. The predicted octanol–water partition coefficient (Wildman–Crippen LogP) is 5.53. The normalized spacial score (nSPS) is 10.2. The van der Waals surface area contributed by atoms with E-state index in [1.54, 1.807) is 11.3 Å². The van der Waals surface area contributed by atoms with Crippen LogP contribution in [0.15, 0.2) is 65.4 Å². The molecule has 3 rings (SSSR count). The lowest BCUT2D eigenvalue weighted by Crippen LogP contribution is -1.98. The lowest BCUT2D eigenvalue weighted by atomic mass is 10.1. The lowest BCUT2D eigenvalue weighted by molar-refractivity contribution is 0.306. The van der Waals surface area contributed by atoms with Crippen LogP contribution in [0.1, 0.15) is 17.5 Å². The van der Waals surface area contributed by atoms with Crippen LogP contribution in [0.25, 0.3) is 0 Å². The smallest absolute Gasteiger partial charge is 0.127 e. The molecule has 25 heavy (non-hydrogen) atoms. The van der Waals surface area contributed by atoms with E-state index in [-0.39, 0.29) is 0 Å². The number of benzene rings is 2. The summed E-state index contributed by atoms with van der Waals surface area (Å²) in [5.41, 5.74) is 2.39. The van der Waals surface area contributed by atoms with E-state index in [2.05, 4.69) is 5.38 Å². The zero-order chi connectivity index (χ0) is 17.5. The Kier molecular flexibility index (Phi) is 5.59. The third kappa shape index (κ3) is 4.78. The molecule has 0 saturated carbocycles. The number of hydrogen-bond donors (Lipinski definition) is 2. The van der Waals surface area contributed by atoms with Gasteiger partial charge in [-0.15, -0.1) is 0 Å². The van der Waals surface area contributed by atoms with Crippen molar-refractivity contribution in [2.24, 2.45) is 0 Å². The van der Waals surface area contributed by atoms with E-state index < -0.39 is 0 Å². The van der Waals surface area contributed by atoms with Gasteiger partial charge in [0.15, 0.2) is 0 Å². The van der Waals surface area contributed by atoms with E-state index >= 15 is 0 Å². The fourth-order valence-electron chi connectivity index (χ4n) is 2.23. The van der Waals surface area contributed by atoms with Crippen LogP contribution in [0.3, 0.4) is 0 Å². The molecule has 0 saturated heterocycles. The van der Waals surface area contributed by atoms with Crippen LogP contribution >= 0.6 is 11.3 Å². The fourth-order valence-corrected chi connectivity index (χ4v) is 2.88. The largest absolute Gasteiger partial charge is 0.489 e. The number of nitrogens with one attached hydrogen (secondary N) is 2. The Hall–Kier alpha value is -2.92. The summed E-state index contributed by atoms with van der Waals surface area (Å²) in [7, 11) is 0. The van der Waals surface area contributed by atoms with Gasteiger partial charge in [0.2, 0.25) is 0 Å². The zero-order valence-corrected chi connectivity index (χ0v) is 14.4. The van der Waals surface area contributed by atoms with Gasteiger partial charge < -0.3 is 20.3 Å². The Morgan fingerprint density at radius 3 is 2.16 bits per heavy atom. The second kappa shape index (κ2) is 8.26. The van der Waals surface area contributed by atoms with Gasteiger partial charge >= 0.3 is 0 Å². The second-order valence-electron chi connectivity index (χ2n) is 5.40. The van der Waals surface area contributed by atoms with Crippen molar-refractivity contribution in [1.82, 2.24) is 0 Å². The quantitative estimate of drug-likeness (QED) is 0.525. The first kappa shape index (κ1) is 16.9. The molecule has 0 spiro atoms. The van der Waals surface area contributed by atoms with Crippen molar-refractivity contribution in [2.45, 2.75) is 13.0 Å². The van der Waals surface area contributed by atoms with Gasteiger partial charge in [0.25, 0.3) is 0 Å². The van der Waals surface area contributed by atoms with Crippen molar-refractivity contribution in [2.75, 3.05) is 0 Å². The molecule has 3 aromatic rings. The van der Waals surface area contributed by atoms with Crippen LogP contribution < -0.4 is 9.47 Å². The van der Waals surface area contributed by atoms with Crippen LogP contribution in [-0.4, -0.2) is 11.9 Å². The summed E-state index contributed by atoms with van der Waals surface area (Å²) in [4.78, 5) is 0. The lowest BCUT2D eigenvalue weighted by Gasteiger charge is -2.09. The number of hydrogen-bond acceptors (Lipinski definition) is 5. The average Bonchev–Trinajstić information content (AvgIpc) is 3.15. The van der Waals surface area contributed by atoms with Crippen molar-refractivity contribution in [3.8, 4) is 17.2 Å². The second-order valence-corrected chi connectivity index (χ2v) is 6.18. The van der Waals surface area contributed by atoms with Crippen molar-refractivity contribution < 1.29 is 9.47 Å². The average molecular weight is 350 g/mol. The zero-order valence-electron chi connectivity index (χ0n) is 13.6. The van der Waals surface area contributed by atoms with Crippen LogP contribution in [-0.2, 0) is 6.61 Å². The maximum Gasteiger partial charge on any atom is 0.127 e. The Balaban J connectivity index is 1.57. The minimum absolute atomic E-state index is 0.340. The van der Waals surface area contributed by atoms with Gasteiger partial charge in [-0.05, 0) is 76.5 Å². The number of thiophene rings is 1. The fraction of sp³-hybridized carbons (Fsp3) is 0.100. The predicted molar refractivity (Wildman–Crippen MR) is 102 cm³/mol. The summed E-state index contributed by atoms with van der Waals surface area (Å²) < 4.78 is 11.5. The highest BCUT2D eigenvalue weighted by molar-refractivity contribution is 7.07. The molecule has 1 heterocycles. The third-order valence-corrected chi connectivity index (χ3v) is 4.29. The van der Waals surface area contributed by atoms with Crippen LogP contribution in [0, 0.1) is 10.8 Å². The highest BCUT2D eigenvalue weighted by atomic mass is 32.1. The van der Waals surface area contributed by atoms with Gasteiger partial charge in [0.1, 0.15) is 23.9 Å². The molecule has 0 aliphatic rings. The molecular formula is C20H18N2O2S. The number of ether oxygens (including phenoxy) is 2. The molecule has 126 valence electrons. The van der Waals surface area contributed by atoms with E-state index in [9.17, 15) is 0 Å². The summed E-state index contributed by atoms with van der Waals surface area (Å²) in [5, 5.41) is 19.0. The van der Waals surface area contributed by atoms with Crippen LogP contribution in [0.2, 0.25) is 0 Å². The molecule has 4 nitrogen and oxygen atoms in total. The first-order valence-corrected chi connectivity index (χ1v) is 8.77. The minimum Gasteiger partial charge on any atom is -0.489 e. The standard InChI is InChI=1S/C20H18N2O2S/c21-11-9-20(22)16-1-3-18(4-2-16)24-19-7-5-17(6-8-19)23-13-15-10-12-25-14-15/h1-8,10-12,14,21-22H,9,13H2. The van der Waals surface area contributed by atoms with Crippen molar-refractivity contribution >= 4 is 23.3 Å². The Labute approximate surface area is 150 Å². The Morgan fingerprint density at radius 1 is 0.920 bits per heavy atom.